The highest BCUT2D eigenvalue weighted by Crippen LogP contribution is 2.58. The second-order valence-corrected chi connectivity index (χ2v) is 12.4. The van der Waals surface area contributed by atoms with Crippen LogP contribution >= 0.6 is 0 Å². The Morgan fingerprint density at radius 2 is 1.21 bits per heavy atom. The summed E-state index contributed by atoms with van der Waals surface area (Å²) in [6.45, 7) is 2.28. The van der Waals surface area contributed by atoms with Gasteiger partial charge in [0.15, 0.2) is 5.60 Å². The molecule has 0 aromatic heterocycles. The van der Waals surface area contributed by atoms with Crippen LogP contribution in [0.4, 0.5) is 0 Å². The third-order valence-corrected chi connectivity index (χ3v) is 9.16. The van der Waals surface area contributed by atoms with Crippen LogP contribution in [0.3, 0.4) is 0 Å². The Labute approximate surface area is 257 Å². The van der Waals surface area contributed by atoms with E-state index in [1.807, 2.05) is 18.2 Å². The van der Waals surface area contributed by atoms with Crippen LogP contribution in [0.15, 0.2) is 54.6 Å². The Balaban J connectivity index is 1.16. The minimum atomic E-state index is -1.19. The molecule has 5 rings (SSSR count). The topological polar surface area (TPSA) is 76.0 Å². The standard InChI is InChI=1S/C38H48O5/c1-2-3-4-5-6-7-8-9-10-11-12-13-14-15-16-17-20-28-25-30(40)27-35-36(28)38(33-24-23-29(39)26-34(33)42-35)32-22-19-18-21-31(32)37(41)43-38/h18-19,21-27,39-40H,2-17,20H2,1H3. The lowest BCUT2D eigenvalue weighted by molar-refractivity contribution is 0.0221. The van der Waals surface area contributed by atoms with Gasteiger partial charge in [0.1, 0.15) is 23.0 Å². The number of aromatic hydroxyl groups is 2. The molecule has 1 atom stereocenters. The molecule has 43 heavy (non-hydrogen) atoms. The molecule has 0 fully saturated rings. The van der Waals surface area contributed by atoms with Gasteiger partial charge in [-0.25, -0.2) is 4.79 Å². The number of ether oxygens (including phenoxy) is 2. The van der Waals surface area contributed by atoms with E-state index in [4.69, 9.17) is 9.47 Å². The van der Waals surface area contributed by atoms with Crippen LogP contribution in [0.25, 0.3) is 0 Å². The van der Waals surface area contributed by atoms with E-state index in [9.17, 15) is 15.0 Å². The van der Waals surface area contributed by atoms with Gasteiger partial charge in [0.2, 0.25) is 0 Å². The number of rotatable bonds is 17. The third-order valence-electron chi connectivity index (χ3n) is 9.16. The van der Waals surface area contributed by atoms with Crippen LogP contribution in [0.5, 0.6) is 23.0 Å². The lowest BCUT2D eigenvalue weighted by Crippen LogP contribution is -2.34. The number of phenolic OH excluding ortho intramolecular Hbond substituents is 2. The third kappa shape index (κ3) is 7.03. The average Bonchev–Trinajstić information content (AvgIpc) is 3.28. The van der Waals surface area contributed by atoms with E-state index in [1.54, 1.807) is 30.3 Å². The highest BCUT2D eigenvalue weighted by molar-refractivity contribution is 5.97. The zero-order chi connectivity index (χ0) is 30.1. The molecular weight excluding hydrogens is 536 g/mol. The van der Waals surface area contributed by atoms with Crippen molar-refractivity contribution in [3.8, 4) is 23.0 Å². The highest BCUT2D eigenvalue weighted by Gasteiger charge is 2.54. The second kappa shape index (κ2) is 14.8. The molecule has 0 radical (unpaired) electrons. The molecule has 0 aliphatic carbocycles. The van der Waals surface area contributed by atoms with Crippen molar-refractivity contribution in [2.24, 2.45) is 0 Å². The molecule has 1 unspecified atom stereocenters. The molecule has 5 nitrogen and oxygen atoms in total. The quantitative estimate of drug-likeness (QED) is 0.122. The van der Waals surface area contributed by atoms with E-state index in [0.717, 1.165) is 36.0 Å². The number of carbonyl (C=O) groups is 1. The highest BCUT2D eigenvalue weighted by atomic mass is 16.6. The molecule has 0 bridgehead atoms. The van der Waals surface area contributed by atoms with Crippen molar-refractivity contribution in [3.05, 3.63) is 82.4 Å². The van der Waals surface area contributed by atoms with Gasteiger partial charge >= 0.3 is 5.97 Å². The SMILES string of the molecule is CCCCCCCCCCCCCCCCCCc1cc(O)cc2c1C1(OC(=O)c3ccccc31)c1ccc(O)cc1O2. The van der Waals surface area contributed by atoms with Gasteiger partial charge in [0.05, 0.1) is 11.1 Å². The Hall–Kier alpha value is -3.47. The van der Waals surface area contributed by atoms with Crippen molar-refractivity contribution >= 4 is 5.97 Å². The van der Waals surface area contributed by atoms with Crippen molar-refractivity contribution in [1.29, 1.82) is 0 Å². The average molecular weight is 585 g/mol. The van der Waals surface area contributed by atoms with Crippen molar-refractivity contribution in [2.75, 3.05) is 0 Å². The van der Waals surface area contributed by atoms with Gasteiger partial charge in [-0.2, -0.15) is 0 Å². The number of benzene rings is 3. The van der Waals surface area contributed by atoms with Gasteiger partial charge in [-0.05, 0) is 42.7 Å². The molecule has 2 aliphatic heterocycles. The van der Waals surface area contributed by atoms with Gasteiger partial charge in [0.25, 0.3) is 0 Å². The van der Waals surface area contributed by atoms with Crippen molar-refractivity contribution in [3.63, 3.8) is 0 Å². The summed E-state index contributed by atoms with van der Waals surface area (Å²) in [5.74, 6) is 0.652. The van der Waals surface area contributed by atoms with E-state index < -0.39 is 5.60 Å². The normalized spacial score (nSPS) is 16.4. The summed E-state index contributed by atoms with van der Waals surface area (Å²) in [4.78, 5) is 13.2. The van der Waals surface area contributed by atoms with E-state index in [1.165, 1.54) is 96.0 Å². The summed E-state index contributed by atoms with van der Waals surface area (Å²) in [6, 6.07) is 15.7. The Kier molecular flexibility index (Phi) is 10.7. The maximum Gasteiger partial charge on any atom is 0.340 e. The van der Waals surface area contributed by atoms with Crippen LogP contribution < -0.4 is 4.74 Å². The summed E-state index contributed by atoms with van der Waals surface area (Å²) >= 11 is 0. The number of fused-ring (bicyclic) bond motifs is 6. The van der Waals surface area contributed by atoms with Gasteiger partial charge in [-0.1, -0.05) is 121 Å². The minimum Gasteiger partial charge on any atom is -0.508 e. The molecule has 2 N–H and O–H groups in total. The number of phenols is 2. The predicted molar refractivity (Wildman–Crippen MR) is 171 cm³/mol. The zero-order valence-corrected chi connectivity index (χ0v) is 25.8. The summed E-state index contributed by atoms with van der Waals surface area (Å²) in [6.07, 6.45) is 21.8. The number of esters is 1. The largest absolute Gasteiger partial charge is 0.508 e. The fourth-order valence-electron chi connectivity index (χ4n) is 6.94. The summed E-state index contributed by atoms with van der Waals surface area (Å²) in [7, 11) is 0. The number of unbranched alkanes of at least 4 members (excludes halogenated alkanes) is 15. The molecule has 2 aliphatic rings. The van der Waals surface area contributed by atoms with Crippen LogP contribution in [0, 0.1) is 0 Å². The second-order valence-electron chi connectivity index (χ2n) is 12.4. The number of hydrogen-bond donors (Lipinski definition) is 2. The first-order valence-electron chi connectivity index (χ1n) is 16.7. The van der Waals surface area contributed by atoms with Crippen LogP contribution in [0.2, 0.25) is 0 Å². The first-order chi connectivity index (χ1) is 21.0. The number of hydrogen-bond acceptors (Lipinski definition) is 5. The van der Waals surface area contributed by atoms with Crippen LogP contribution in [0.1, 0.15) is 142 Å². The summed E-state index contributed by atoms with van der Waals surface area (Å²) in [5, 5.41) is 20.8. The predicted octanol–water partition coefficient (Wildman–Crippen LogP) is 10.5. The molecule has 0 amide bonds. The smallest absolute Gasteiger partial charge is 0.340 e. The van der Waals surface area contributed by atoms with E-state index in [2.05, 4.69) is 6.92 Å². The van der Waals surface area contributed by atoms with Gasteiger partial charge in [-0.15, -0.1) is 0 Å². The molecular formula is C38H48O5. The maximum absolute atomic E-state index is 13.2. The molecule has 1 spiro atoms. The first-order valence-corrected chi connectivity index (χ1v) is 16.7. The summed E-state index contributed by atoms with van der Waals surface area (Å²) in [5.41, 5.74) is 2.45. The zero-order valence-electron chi connectivity index (χ0n) is 25.8. The molecule has 3 aromatic rings. The Bertz CT molecular complexity index is 1380. The number of aryl methyl sites for hydroxylation is 1. The fraction of sp³-hybridized carbons (Fsp3) is 0.500. The van der Waals surface area contributed by atoms with Gasteiger partial charge in [-0.3, -0.25) is 0 Å². The fourth-order valence-corrected chi connectivity index (χ4v) is 6.94. The molecule has 0 saturated heterocycles. The van der Waals surface area contributed by atoms with Gasteiger partial charge in [0, 0.05) is 23.3 Å². The van der Waals surface area contributed by atoms with E-state index in [0.29, 0.717) is 22.6 Å². The first kappa shape index (κ1) is 31.0. The van der Waals surface area contributed by atoms with Crippen molar-refractivity contribution < 1.29 is 24.5 Å². The minimum absolute atomic E-state index is 0.0588. The maximum atomic E-state index is 13.2. The van der Waals surface area contributed by atoms with Crippen molar-refractivity contribution in [1.82, 2.24) is 0 Å². The van der Waals surface area contributed by atoms with Gasteiger partial charge < -0.3 is 19.7 Å². The molecule has 5 heteroatoms. The lowest BCUT2D eigenvalue weighted by Gasteiger charge is -2.38. The van der Waals surface area contributed by atoms with Crippen LogP contribution in [-0.2, 0) is 16.8 Å². The molecule has 0 saturated carbocycles. The lowest BCUT2D eigenvalue weighted by atomic mass is 9.75. The van der Waals surface area contributed by atoms with Crippen molar-refractivity contribution in [2.45, 2.75) is 122 Å². The Morgan fingerprint density at radius 1 is 0.628 bits per heavy atom. The van der Waals surface area contributed by atoms with Crippen LogP contribution in [-0.4, -0.2) is 16.2 Å². The van der Waals surface area contributed by atoms with E-state index in [-0.39, 0.29) is 17.5 Å². The summed E-state index contributed by atoms with van der Waals surface area (Å²) < 4.78 is 12.5. The molecule has 2 heterocycles. The number of carbonyl (C=O) groups excluding carboxylic acids is 1. The molecule has 230 valence electrons. The monoisotopic (exact) mass is 584 g/mol. The Morgan fingerprint density at radius 3 is 1.86 bits per heavy atom. The molecule has 3 aromatic carbocycles. The van der Waals surface area contributed by atoms with E-state index >= 15 is 0 Å².